The number of aryl methyl sites for hydroxylation is 2. The smallest absolute Gasteiger partial charge is 0.246 e. The number of halogens is 1. The van der Waals surface area contributed by atoms with Gasteiger partial charge in [-0.3, -0.25) is 9.48 Å². The van der Waals surface area contributed by atoms with Crippen molar-refractivity contribution in [2.45, 2.75) is 44.6 Å². The van der Waals surface area contributed by atoms with Gasteiger partial charge in [0, 0.05) is 19.5 Å². The monoisotopic (exact) mass is 410 g/mol. The van der Waals surface area contributed by atoms with Crippen LogP contribution in [0.15, 0.2) is 29.2 Å². The molecule has 0 aliphatic carbocycles. The van der Waals surface area contributed by atoms with Crippen molar-refractivity contribution in [2.24, 2.45) is 0 Å². The van der Waals surface area contributed by atoms with Gasteiger partial charge in [0.1, 0.15) is 4.90 Å². The van der Waals surface area contributed by atoms with E-state index in [0.29, 0.717) is 41.7 Å². The Labute approximate surface area is 164 Å². The summed E-state index contributed by atoms with van der Waals surface area (Å²) in [6.07, 6.45) is 1.93. The number of aromatic nitrogens is 2. The van der Waals surface area contributed by atoms with E-state index >= 15 is 0 Å². The lowest BCUT2D eigenvalue weighted by molar-refractivity contribution is -0.116. The molecule has 7 nitrogen and oxygen atoms in total. The molecule has 1 aliphatic heterocycles. The Morgan fingerprint density at radius 2 is 1.89 bits per heavy atom. The van der Waals surface area contributed by atoms with Gasteiger partial charge in [-0.2, -0.15) is 9.40 Å². The van der Waals surface area contributed by atoms with E-state index in [0.717, 1.165) is 12.8 Å². The van der Waals surface area contributed by atoms with Crippen molar-refractivity contribution >= 4 is 33.2 Å². The first-order chi connectivity index (χ1) is 12.8. The van der Waals surface area contributed by atoms with Gasteiger partial charge in [-0.05, 0) is 38.8 Å². The minimum absolute atomic E-state index is 0.163. The van der Waals surface area contributed by atoms with Crippen molar-refractivity contribution in [2.75, 3.05) is 18.4 Å². The zero-order chi connectivity index (χ0) is 19.6. The normalized spacial score (nSPS) is 15.2. The predicted octanol–water partition coefficient (Wildman–Crippen LogP) is 2.97. The lowest BCUT2D eigenvalue weighted by Gasteiger charge is -2.15. The fraction of sp³-hybridized carbons (Fsp3) is 0.444. The van der Waals surface area contributed by atoms with Crippen LogP contribution >= 0.6 is 11.6 Å². The van der Waals surface area contributed by atoms with Crippen LogP contribution in [0.3, 0.4) is 0 Å². The molecule has 0 atom stereocenters. The summed E-state index contributed by atoms with van der Waals surface area (Å²) in [6, 6.07) is 7.01. The van der Waals surface area contributed by atoms with Crippen LogP contribution in [0.2, 0.25) is 5.02 Å². The number of carbonyl (C=O) groups is 1. The number of nitrogens with zero attached hydrogens (tertiary/aromatic N) is 3. The highest BCUT2D eigenvalue weighted by atomic mass is 35.5. The molecule has 0 bridgehead atoms. The van der Waals surface area contributed by atoms with Gasteiger partial charge >= 0.3 is 0 Å². The molecule has 1 N–H and O–H groups in total. The molecule has 1 aromatic carbocycles. The maximum atomic E-state index is 12.9. The summed E-state index contributed by atoms with van der Waals surface area (Å²) >= 11 is 6.04. The summed E-state index contributed by atoms with van der Waals surface area (Å²) in [5.41, 5.74) is 1.57. The van der Waals surface area contributed by atoms with Gasteiger partial charge < -0.3 is 5.32 Å². The Balaban J connectivity index is 1.71. The third kappa shape index (κ3) is 4.17. The third-order valence-corrected chi connectivity index (χ3v) is 7.16. The summed E-state index contributed by atoms with van der Waals surface area (Å²) in [5, 5.41) is 7.58. The molecule has 1 fully saturated rings. The summed E-state index contributed by atoms with van der Waals surface area (Å²) in [7, 11) is -3.54. The van der Waals surface area contributed by atoms with E-state index in [1.807, 2.05) is 0 Å². The third-order valence-electron chi connectivity index (χ3n) is 4.68. The maximum absolute atomic E-state index is 12.9. The lowest BCUT2D eigenvalue weighted by Crippen LogP contribution is -2.28. The maximum Gasteiger partial charge on any atom is 0.246 e. The molecule has 1 aromatic heterocycles. The van der Waals surface area contributed by atoms with E-state index < -0.39 is 10.0 Å². The predicted molar refractivity (Wildman–Crippen MR) is 104 cm³/mol. The summed E-state index contributed by atoms with van der Waals surface area (Å²) in [4.78, 5) is 12.5. The first-order valence-corrected chi connectivity index (χ1v) is 10.7. The Kier molecular flexibility index (Phi) is 5.88. The standard InChI is InChI=1S/C18H23ClN4O3S/c1-13-18(27(25,26)22-10-5-6-11-22)14(2)23(21-13)12-9-17(24)20-16-8-4-3-7-15(16)19/h3-4,7-8H,5-6,9-12H2,1-2H3,(H,20,24). The Hall–Kier alpha value is -1.90. The Bertz CT molecular complexity index is 950. The number of para-hydroxylation sites is 1. The zero-order valence-corrected chi connectivity index (χ0v) is 17.0. The summed E-state index contributed by atoms with van der Waals surface area (Å²) in [5.74, 6) is -0.209. The second-order valence-corrected chi connectivity index (χ2v) is 8.89. The molecule has 1 saturated heterocycles. The van der Waals surface area contributed by atoms with Gasteiger partial charge in [0.25, 0.3) is 0 Å². The summed E-state index contributed by atoms with van der Waals surface area (Å²) < 4.78 is 28.9. The fourth-order valence-corrected chi connectivity index (χ4v) is 5.38. The number of hydrogen-bond acceptors (Lipinski definition) is 4. The molecule has 3 rings (SSSR count). The van der Waals surface area contributed by atoms with Crippen molar-refractivity contribution in [1.82, 2.24) is 14.1 Å². The highest BCUT2D eigenvalue weighted by molar-refractivity contribution is 7.89. The van der Waals surface area contributed by atoms with Crippen molar-refractivity contribution in [1.29, 1.82) is 0 Å². The number of sulfonamides is 1. The van der Waals surface area contributed by atoms with Crippen LogP contribution in [0.1, 0.15) is 30.7 Å². The van der Waals surface area contributed by atoms with Gasteiger partial charge in [0.15, 0.2) is 0 Å². The van der Waals surface area contributed by atoms with Crippen LogP contribution in [0.25, 0.3) is 0 Å². The molecule has 2 aromatic rings. The Morgan fingerprint density at radius 1 is 1.22 bits per heavy atom. The van der Waals surface area contributed by atoms with Crippen LogP contribution in [-0.4, -0.2) is 41.5 Å². The van der Waals surface area contributed by atoms with E-state index in [1.54, 1.807) is 42.8 Å². The number of anilines is 1. The molecule has 0 unspecified atom stereocenters. The van der Waals surface area contributed by atoms with Gasteiger partial charge in [-0.25, -0.2) is 8.42 Å². The van der Waals surface area contributed by atoms with E-state index in [1.165, 1.54) is 4.31 Å². The van der Waals surface area contributed by atoms with Gasteiger partial charge in [0.2, 0.25) is 15.9 Å². The van der Waals surface area contributed by atoms with Crippen LogP contribution in [-0.2, 0) is 21.4 Å². The molecule has 2 heterocycles. The van der Waals surface area contributed by atoms with Crippen LogP contribution in [0.5, 0.6) is 0 Å². The minimum Gasteiger partial charge on any atom is -0.325 e. The number of carbonyl (C=O) groups excluding carboxylic acids is 1. The van der Waals surface area contributed by atoms with E-state index in [-0.39, 0.29) is 17.2 Å². The average Bonchev–Trinajstić information content (AvgIpc) is 3.24. The van der Waals surface area contributed by atoms with Crippen molar-refractivity contribution in [3.05, 3.63) is 40.7 Å². The number of rotatable bonds is 6. The molecule has 9 heteroatoms. The summed E-state index contributed by atoms with van der Waals surface area (Å²) in [6.45, 7) is 4.81. The highest BCUT2D eigenvalue weighted by Gasteiger charge is 2.32. The second-order valence-electron chi connectivity index (χ2n) is 6.61. The number of hydrogen-bond donors (Lipinski definition) is 1. The minimum atomic E-state index is -3.54. The first kappa shape index (κ1) is 19.9. The van der Waals surface area contributed by atoms with Crippen molar-refractivity contribution < 1.29 is 13.2 Å². The van der Waals surface area contributed by atoms with Crippen molar-refractivity contribution in [3.8, 4) is 0 Å². The highest BCUT2D eigenvalue weighted by Crippen LogP contribution is 2.26. The van der Waals surface area contributed by atoms with E-state index in [9.17, 15) is 13.2 Å². The zero-order valence-electron chi connectivity index (χ0n) is 15.4. The van der Waals surface area contributed by atoms with E-state index in [4.69, 9.17) is 11.6 Å². The second kappa shape index (κ2) is 8.00. The topological polar surface area (TPSA) is 84.3 Å². The molecule has 27 heavy (non-hydrogen) atoms. The SMILES string of the molecule is Cc1nn(CCC(=O)Nc2ccccc2Cl)c(C)c1S(=O)(=O)N1CCCC1. The molecule has 0 saturated carbocycles. The number of amides is 1. The van der Waals surface area contributed by atoms with Crippen molar-refractivity contribution in [3.63, 3.8) is 0 Å². The lowest BCUT2D eigenvalue weighted by atomic mass is 10.3. The molecule has 146 valence electrons. The van der Waals surface area contributed by atoms with Crippen LogP contribution in [0, 0.1) is 13.8 Å². The van der Waals surface area contributed by atoms with Gasteiger partial charge in [0.05, 0.1) is 28.6 Å². The van der Waals surface area contributed by atoms with Gasteiger partial charge in [-0.1, -0.05) is 23.7 Å². The van der Waals surface area contributed by atoms with Gasteiger partial charge in [-0.15, -0.1) is 0 Å². The largest absolute Gasteiger partial charge is 0.325 e. The number of benzene rings is 1. The quantitative estimate of drug-likeness (QED) is 0.793. The molecule has 1 amide bonds. The van der Waals surface area contributed by atoms with Crippen LogP contribution in [0.4, 0.5) is 5.69 Å². The average molecular weight is 411 g/mol. The van der Waals surface area contributed by atoms with Crippen LogP contribution < -0.4 is 5.32 Å². The molecule has 0 radical (unpaired) electrons. The van der Waals surface area contributed by atoms with E-state index in [2.05, 4.69) is 10.4 Å². The number of nitrogens with one attached hydrogen (secondary N) is 1. The first-order valence-electron chi connectivity index (χ1n) is 8.89. The molecular weight excluding hydrogens is 388 g/mol. The molecular formula is C18H23ClN4O3S. The Morgan fingerprint density at radius 3 is 2.56 bits per heavy atom. The fourth-order valence-electron chi connectivity index (χ4n) is 3.31. The molecule has 1 aliphatic rings. The molecule has 0 spiro atoms.